The molecule has 0 unspecified atom stereocenters. The Bertz CT molecular complexity index is 1640. The van der Waals surface area contributed by atoms with Gasteiger partial charge in [-0.3, -0.25) is 4.79 Å². The van der Waals surface area contributed by atoms with Crippen molar-refractivity contribution in [2.45, 2.75) is 120 Å². The summed E-state index contributed by atoms with van der Waals surface area (Å²) in [6.07, 6.45) is 12.1. The van der Waals surface area contributed by atoms with Crippen molar-refractivity contribution in [3.05, 3.63) is 88.8 Å². The summed E-state index contributed by atoms with van der Waals surface area (Å²) in [5.41, 5.74) is 9.26. The fourth-order valence-electron chi connectivity index (χ4n) is 7.06. The van der Waals surface area contributed by atoms with Gasteiger partial charge in [0.15, 0.2) is 5.78 Å². The van der Waals surface area contributed by atoms with Crippen LogP contribution < -0.4 is 0 Å². The first kappa shape index (κ1) is 39.8. The molecular weight excluding hydrogens is 787 g/mol. The van der Waals surface area contributed by atoms with Crippen LogP contribution in [0.15, 0.2) is 60.5 Å². The number of ketones is 1. The zero-order valence-corrected chi connectivity index (χ0v) is 33.8. The van der Waals surface area contributed by atoms with Crippen molar-refractivity contribution in [2.75, 3.05) is 0 Å². The molecule has 4 aromatic rings. The van der Waals surface area contributed by atoms with Crippen LogP contribution in [0.4, 0.5) is 0 Å². The summed E-state index contributed by atoms with van der Waals surface area (Å²) in [6, 6.07) is 19.5. The van der Waals surface area contributed by atoms with E-state index >= 15 is 0 Å². The summed E-state index contributed by atoms with van der Waals surface area (Å²) in [5, 5.41) is 11.1. The van der Waals surface area contributed by atoms with Crippen molar-refractivity contribution < 1.29 is 30.0 Å². The minimum Gasteiger partial charge on any atom is -0.512 e. The Hall–Kier alpha value is -2.59. The number of nitrogens with zero attached hydrogens (tertiary/aromatic N) is 1. The Morgan fingerprint density at radius 2 is 1.56 bits per heavy atom. The molecule has 1 aliphatic carbocycles. The Kier molecular flexibility index (Phi) is 14.8. The minimum atomic E-state index is 0. The van der Waals surface area contributed by atoms with E-state index < -0.39 is 0 Å². The minimum absolute atomic E-state index is 0. The number of carbonyl (C=O) groups excluding carboxylic acids is 1. The number of benzene rings is 2. The molecule has 0 bridgehead atoms. The van der Waals surface area contributed by atoms with Gasteiger partial charge in [-0.25, -0.2) is 0 Å². The first-order valence-electron chi connectivity index (χ1n) is 17.8. The fraction of sp³-hybridized carbons (Fsp3) is 0.488. The number of hydrogen-bond donors (Lipinski definition) is 1. The molecule has 1 N–H and O–H groups in total. The van der Waals surface area contributed by atoms with Gasteiger partial charge >= 0.3 is 0 Å². The second-order valence-corrected chi connectivity index (χ2v) is 15.4. The number of aliphatic hydroxyl groups is 1. The van der Waals surface area contributed by atoms with Crippen molar-refractivity contribution in [1.29, 1.82) is 0 Å². The van der Waals surface area contributed by atoms with E-state index in [1.165, 1.54) is 69.0 Å². The summed E-state index contributed by atoms with van der Waals surface area (Å²) >= 11 is 1.87. The summed E-state index contributed by atoms with van der Waals surface area (Å²) < 4.78 is 1.26. The van der Waals surface area contributed by atoms with Crippen LogP contribution in [0.1, 0.15) is 121 Å². The number of carbonyl (C=O) groups is 1. The second-order valence-electron chi connectivity index (χ2n) is 14.4. The van der Waals surface area contributed by atoms with Crippen LogP contribution in [0, 0.1) is 44.1 Å². The number of aromatic nitrogens is 1. The van der Waals surface area contributed by atoms with Crippen LogP contribution in [0.25, 0.3) is 31.8 Å². The third-order valence-electron chi connectivity index (χ3n) is 10.3. The zero-order valence-electron chi connectivity index (χ0n) is 30.6. The van der Waals surface area contributed by atoms with Gasteiger partial charge in [0, 0.05) is 59.5 Å². The van der Waals surface area contributed by atoms with Crippen LogP contribution in [-0.2, 0) is 24.9 Å². The molecule has 1 radical (unpaired) electrons. The predicted molar refractivity (Wildman–Crippen MR) is 202 cm³/mol. The molecule has 2 heterocycles. The summed E-state index contributed by atoms with van der Waals surface area (Å²) in [5.74, 6) is 1.27. The number of allylic oxidation sites excluding steroid dienone is 2. The molecule has 2 aromatic carbocycles. The maximum atomic E-state index is 11.7. The SMILES string of the molecule is CCC(CC)C(=O)/C=C(\O)C(CC)CC.Cc1[c-]c(-c2nccc3c(C)c(-c4ccc(C5CCC(C)(C)CC5)cc4)sc23)cc(C)c1.[Ir]. The number of aryl methyl sites for hydroxylation is 3. The number of hydrogen-bond acceptors (Lipinski definition) is 4. The van der Waals surface area contributed by atoms with Crippen molar-refractivity contribution in [2.24, 2.45) is 17.3 Å². The molecule has 5 heteroatoms. The summed E-state index contributed by atoms with van der Waals surface area (Å²) in [6.45, 7) is 19.4. The Morgan fingerprint density at radius 3 is 2.12 bits per heavy atom. The van der Waals surface area contributed by atoms with E-state index in [1.807, 2.05) is 45.2 Å². The maximum absolute atomic E-state index is 11.7. The number of rotatable bonds is 10. The molecule has 1 aliphatic rings. The predicted octanol–water partition coefficient (Wildman–Crippen LogP) is 12.9. The van der Waals surface area contributed by atoms with Crippen LogP contribution >= 0.6 is 11.3 Å². The summed E-state index contributed by atoms with van der Waals surface area (Å²) in [4.78, 5) is 17.8. The number of thiophene rings is 1. The third kappa shape index (κ3) is 9.77. The largest absolute Gasteiger partial charge is 0.512 e. The van der Waals surface area contributed by atoms with Crippen molar-refractivity contribution in [3.63, 3.8) is 0 Å². The van der Waals surface area contributed by atoms with Crippen LogP contribution in [0.5, 0.6) is 0 Å². The normalized spacial score (nSPS) is 14.9. The number of aliphatic hydroxyl groups excluding tert-OH is 1. The first-order valence-corrected chi connectivity index (χ1v) is 18.7. The smallest absolute Gasteiger partial charge is 0.162 e. The van der Waals surface area contributed by atoms with E-state index in [-0.39, 0.29) is 43.5 Å². The van der Waals surface area contributed by atoms with Gasteiger partial charge in [0.25, 0.3) is 0 Å². The van der Waals surface area contributed by atoms with Crippen LogP contribution in [0.2, 0.25) is 0 Å². The van der Waals surface area contributed by atoms with Crippen molar-refractivity contribution in [1.82, 2.24) is 4.98 Å². The van der Waals surface area contributed by atoms with E-state index in [9.17, 15) is 9.90 Å². The quantitative estimate of drug-likeness (QED) is 0.0983. The van der Waals surface area contributed by atoms with E-state index in [4.69, 9.17) is 4.98 Å². The topological polar surface area (TPSA) is 50.2 Å². The van der Waals surface area contributed by atoms with Gasteiger partial charge in [0.05, 0.1) is 5.76 Å². The fourth-order valence-corrected chi connectivity index (χ4v) is 8.37. The average molecular weight is 843 g/mol. The van der Waals surface area contributed by atoms with Gasteiger partial charge in [0.2, 0.25) is 0 Å². The monoisotopic (exact) mass is 843 g/mol. The second kappa shape index (κ2) is 17.9. The molecule has 0 atom stereocenters. The first-order chi connectivity index (χ1) is 22.4. The van der Waals surface area contributed by atoms with Gasteiger partial charge in [-0.05, 0) is 97.8 Å². The Balaban J connectivity index is 0.000000334. The molecule has 48 heavy (non-hydrogen) atoms. The molecule has 1 fully saturated rings. The Morgan fingerprint density at radius 1 is 0.958 bits per heavy atom. The molecule has 0 aliphatic heterocycles. The maximum Gasteiger partial charge on any atom is 0.162 e. The standard InChI is InChI=1S/C30H32NS.C13H24O2.Ir/c1-19-16-20(2)18-25(17-19)27-29-26(12-15-31-27)21(3)28(32-29)24-8-6-22(7-9-24)23-10-13-30(4,5)14-11-23;1-5-10(6-2)12(14)9-13(15)11(7-3)8-4;/h6-9,12,15-17,23H,10-11,13-14H2,1-5H3;9-11,14H,5-8H2,1-4H3;/q-1;;/b;12-9-;. The molecule has 2 aromatic heterocycles. The zero-order chi connectivity index (χ0) is 34.3. The molecule has 1 saturated carbocycles. The van der Waals surface area contributed by atoms with E-state index in [0.29, 0.717) is 5.41 Å². The van der Waals surface area contributed by atoms with Gasteiger partial charge in [-0.15, -0.1) is 46.2 Å². The van der Waals surface area contributed by atoms with Gasteiger partial charge < -0.3 is 10.1 Å². The number of fused-ring (bicyclic) bond motifs is 1. The summed E-state index contributed by atoms with van der Waals surface area (Å²) in [7, 11) is 0. The molecule has 3 nitrogen and oxygen atoms in total. The molecule has 261 valence electrons. The Labute approximate surface area is 308 Å². The van der Waals surface area contributed by atoms with Crippen molar-refractivity contribution >= 4 is 27.2 Å². The van der Waals surface area contributed by atoms with E-state index in [2.05, 4.69) is 83.1 Å². The van der Waals surface area contributed by atoms with E-state index in [0.717, 1.165) is 48.4 Å². The molecule has 0 spiro atoms. The van der Waals surface area contributed by atoms with E-state index in [1.54, 1.807) is 0 Å². The van der Waals surface area contributed by atoms with Gasteiger partial charge in [0.1, 0.15) is 0 Å². The van der Waals surface area contributed by atoms with Crippen LogP contribution in [-0.4, -0.2) is 15.9 Å². The molecule has 0 amide bonds. The molecular formula is C43H56IrNO2S-. The molecule has 5 rings (SSSR count). The number of pyridine rings is 1. The van der Waals surface area contributed by atoms with Crippen LogP contribution in [0.3, 0.4) is 0 Å². The van der Waals surface area contributed by atoms with Gasteiger partial charge in [-0.2, -0.15) is 0 Å². The average Bonchev–Trinajstić information content (AvgIpc) is 3.38. The van der Waals surface area contributed by atoms with Crippen molar-refractivity contribution in [3.8, 4) is 21.7 Å². The van der Waals surface area contributed by atoms with Gasteiger partial charge in [-0.1, -0.05) is 79.7 Å². The third-order valence-corrected chi connectivity index (χ3v) is 11.7. The molecule has 0 saturated heterocycles.